The van der Waals surface area contributed by atoms with Crippen LogP contribution in [0.4, 0.5) is 0 Å². The Morgan fingerprint density at radius 2 is 1.55 bits per heavy atom. The number of phosphoric ester groups is 1. The van der Waals surface area contributed by atoms with E-state index in [0.29, 0.717) is 37.9 Å². The number of nitrogens with two attached hydrogens (primary N) is 1. The minimum absolute atomic E-state index is 0.0338. The monoisotopic (exact) mass is 615 g/mol. The molecule has 5 aliphatic rings. The minimum Gasteiger partial charge on any atom is -0.504 e. The SMILES string of the molecule is NC1CCC23c4c5ccc(O)c4OC2C(=O)CCC3(OP(=O)(O)OC2CCC(c3ccccc3)(c3ccccc3)CC2)C1C5. The van der Waals surface area contributed by atoms with Crippen molar-refractivity contribution in [2.24, 2.45) is 11.7 Å². The average Bonchev–Trinajstić information content (AvgIpc) is 3.40. The molecule has 4 N–H and O–H groups in total. The first-order chi connectivity index (χ1) is 21.2. The van der Waals surface area contributed by atoms with Crippen molar-refractivity contribution in [2.45, 2.75) is 92.5 Å². The van der Waals surface area contributed by atoms with E-state index >= 15 is 0 Å². The van der Waals surface area contributed by atoms with Crippen LogP contribution in [0.25, 0.3) is 0 Å². The van der Waals surface area contributed by atoms with Crippen LogP contribution in [0.15, 0.2) is 72.8 Å². The number of Topliss-reactive ketones (excluding diaryl/α,β-unsaturated/α-hetero) is 1. The molecule has 44 heavy (non-hydrogen) atoms. The summed E-state index contributed by atoms with van der Waals surface area (Å²) in [5.41, 5.74) is 8.44. The highest BCUT2D eigenvalue weighted by molar-refractivity contribution is 7.47. The molecule has 8 rings (SSSR count). The van der Waals surface area contributed by atoms with Gasteiger partial charge in [-0.2, -0.15) is 0 Å². The third-order valence-electron chi connectivity index (χ3n) is 11.6. The summed E-state index contributed by atoms with van der Waals surface area (Å²) < 4.78 is 32.9. The smallest absolute Gasteiger partial charge is 0.473 e. The first-order valence-electron chi connectivity index (χ1n) is 15.8. The number of ketones is 1. The maximum atomic E-state index is 14.1. The predicted octanol–water partition coefficient (Wildman–Crippen LogP) is 5.85. The third kappa shape index (κ3) is 3.91. The lowest BCUT2D eigenvalue weighted by Crippen LogP contribution is -2.73. The van der Waals surface area contributed by atoms with E-state index in [-0.39, 0.29) is 41.7 Å². The fourth-order valence-corrected chi connectivity index (χ4v) is 11.1. The van der Waals surface area contributed by atoms with Gasteiger partial charge in [0.2, 0.25) is 0 Å². The predicted molar refractivity (Wildman–Crippen MR) is 163 cm³/mol. The number of ether oxygens (including phenoxy) is 1. The molecule has 0 amide bonds. The number of hydrogen-bond acceptors (Lipinski definition) is 7. The van der Waals surface area contributed by atoms with Crippen LogP contribution in [0.3, 0.4) is 0 Å². The van der Waals surface area contributed by atoms with Gasteiger partial charge in [-0.3, -0.25) is 13.8 Å². The number of benzene rings is 3. The summed E-state index contributed by atoms with van der Waals surface area (Å²) in [5.74, 6) is -0.129. The van der Waals surface area contributed by atoms with Crippen molar-refractivity contribution in [3.8, 4) is 11.5 Å². The lowest BCUT2D eigenvalue weighted by Gasteiger charge is -2.62. The normalized spacial score (nSPS) is 33.2. The summed E-state index contributed by atoms with van der Waals surface area (Å²) in [6.07, 6.45) is 3.31. The third-order valence-corrected chi connectivity index (χ3v) is 12.7. The van der Waals surface area contributed by atoms with E-state index < -0.39 is 31.0 Å². The van der Waals surface area contributed by atoms with Crippen LogP contribution in [0, 0.1) is 5.92 Å². The number of phosphoric acid groups is 1. The molecule has 1 spiro atoms. The van der Waals surface area contributed by atoms with Crippen molar-refractivity contribution < 1.29 is 33.1 Å². The number of aromatic hydroxyl groups is 1. The van der Waals surface area contributed by atoms with E-state index in [2.05, 4.69) is 48.5 Å². The summed E-state index contributed by atoms with van der Waals surface area (Å²) >= 11 is 0. The Balaban J connectivity index is 1.10. The van der Waals surface area contributed by atoms with Crippen LogP contribution in [-0.4, -0.2) is 39.6 Å². The van der Waals surface area contributed by atoms with Crippen LogP contribution < -0.4 is 10.5 Å². The molecule has 9 heteroatoms. The van der Waals surface area contributed by atoms with Crippen molar-refractivity contribution in [3.05, 3.63) is 95.1 Å². The molecule has 3 saturated carbocycles. The molecule has 6 unspecified atom stereocenters. The molecule has 4 aliphatic carbocycles. The Hall–Kier alpha value is -3.00. The maximum Gasteiger partial charge on any atom is 0.473 e. The van der Waals surface area contributed by atoms with Gasteiger partial charge >= 0.3 is 7.82 Å². The zero-order chi connectivity index (χ0) is 30.3. The zero-order valence-corrected chi connectivity index (χ0v) is 25.5. The van der Waals surface area contributed by atoms with Gasteiger partial charge in [0, 0.05) is 29.4 Å². The summed E-state index contributed by atoms with van der Waals surface area (Å²) in [4.78, 5) is 24.9. The highest BCUT2D eigenvalue weighted by Gasteiger charge is 2.75. The quantitative estimate of drug-likeness (QED) is 0.295. The first kappa shape index (κ1) is 28.5. The molecule has 6 atom stereocenters. The summed E-state index contributed by atoms with van der Waals surface area (Å²) in [7, 11) is -4.63. The van der Waals surface area contributed by atoms with Crippen LogP contribution in [0.2, 0.25) is 0 Å². The molecule has 0 saturated heterocycles. The van der Waals surface area contributed by atoms with Gasteiger partial charge < -0.3 is 20.5 Å². The van der Waals surface area contributed by atoms with Crippen LogP contribution >= 0.6 is 7.82 Å². The molecule has 8 nitrogen and oxygen atoms in total. The van der Waals surface area contributed by atoms with Crippen LogP contribution in [0.5, 0.6) is 11.5 Å². The number of carbonyl (C=O) groups excluding carboxylic acids is 1. The van der Waals surface area contributed by atoms with E-state index in [4.69, 9.17) is 19.5 Å². The van der Waals surface area contributed by atoms with Crippen LogP contribution in [0.1, 0.15) is 73.6 Å². The number of hydrogen-bond donors (Lipinski definition) is 3. The summed E-state index contributed by atoms with van der Waals surface area (Å²) in [5, 5.41) is 10.8. The van der Waals surface area contributed by atoms with Crippen molar-refractivity contribution in [3.63, 3.8) is 0 Å². The molecule has 1 aliphatic heterocycles. The fraction of sp³-hybridized carbons (Fsp3) is 0.457. The summed E-state index contributed by atoms with van der Waals surface area (Å²) in [6, 6.07) is 24.1. The molecule has 230 valence electrons. The maximum absolute atomic E-state index is 14.1. The van der Waals surface area contributed by atoms with Gasteiger partial charge in [-0.15, -0.1) is 0 Å². The van der Waals surface area contributed by atoms with Gasteiger partial charge in [0.1, 0.15) is 0 Å². The Morgan fingerprint density at radius 3 is 2.20 bits per heavy atom. The van der Waals surface area contributed by atoms with E-state index in [1.54, 1.807) is 6.07 Å². The lowest BCUT2D eigenvalue weighted by atomic mass is 9.45. The van der Waals surface area contributed by atoms with E-state index in [1.807, 2.05) is 18.2 Å². The molecular weight excluding hydrogens is 577 g/mol. The van der Waals surface area contributed by atoms with E-state index in [1.165, 1.54) is 11.1 Å². The Bertz CT molecular complexity index is 1610. The van der Waals surface area contributed by atoms with Crippen molar-refractivity contribution in [1.29, 1.82) is 0 Å². The molecule has 0 aromatic heterocycles. The Kier molecular flexibility index (Phi) is 6.47. The van der Waals surface area contributed by atoms with Gasteiger partial charge in [-0.05, 0) is 74.1 Å². The second kappa shape index (κ2) is 10.0. The number of phenolic OH excluding ortho intramolecular Hbond substituents is 1. The van der Waals surface area contributed by atoms with E-state index in [9.17, 15) is 19.4 Å². The highest BCUT2D eigenvalue weighted by Crippen LogP contribution is 2.71. The number of rotatable bonds is 6. The molecule has 3 aromatic rings. The van der Waals surface area contributed by atoms with Gasteiger partial charge in [-0.25, -0.2) is 4.57 Å². The van der Waals surface area contributed by atoms with Gasteiger partial charge in [-0.1, -0.05) is 66.7 Å². The number of phenols is 1. The second-order valence-electron chi connectivity index (χ2n) is 13.5. The zero-order valence-electron chi connectivity index (χ0n) is 24.6. The molecule has 2 bridgehead atoms. The molecule has 3 aromatic carbocycles. The van der Waals surface area contributed by atoms with Crippen molar-refractivity contribution in [1.82, 2.24) is 0 Å². The van der Waals surface area contributed by atoms with Crippen molar-refractivity contribution >= 4 is 13.6 Å². The minimum atomic E-state index is -4.63. The topological polar surface area (TPSA) is 128 Å². The first-order valence-corrected chi connectivity index (χ1v) is 17.3. The summed E-state index contributed by atoms with van der Waals surface area (Å²) in [6.45, 7) is 0. The molecular formula is C35H38NO7P. The Morgan fingerprint density at radius 1 is 0.886 bits per heavy atom. The standard InChI is InChI=1S/C35H38NO7P/c36-27-15-19-34-30-22-11-12-28(37)31(30)41-32(34)29(38)16-20-35(34,26(27)21-22)43-44(39,40)42-25-13-17-33(18-14-25,23-7-3-1-4-8-23)24-9-5-2-6-10-24/h1-12,25-27,32,37H,13-21,36H2,(H,39,40). The largest absolute Gasteiger partial charge is 0.504 e. The van der Waals surface area contributed by atoms with Gasteiger partial charge in [0.15, 0.2) is 23.4 Å². The number of carbonyl (C=O) groups is 1. The molecule has 0 radical (unpaired) electrons. The molecule has 3 fully saturated rings. The fourth-order valence-electron chi connectivity index (χ4n) is 9.71. The van der Waals surface area contributed by atoms with E-state index in [0.717, 1.165) is 24.0 Å². The van der Waals surface area contributed by atoms with Crippen LogP contribution in [-0.2, 0) is 35.7 Å². The lowest BCUT2D eigenvalue weighted by molar-refractivity contribution is -0.177. The highest BCUT2D eigenvalue weighted by atomic mass is 31.2. The Labute approximate surface area is 257 Å². The second-order valence-corrected chi connectivity index (χ2v) is 14.8. The van der Waals surface area contributed by atoms with Gasteiger partial charge in [0.25, 0.3) is 0 Å². The van der Waals surface area contributed by atoms with Gasteiger partial charge in [0.05, 0.1) is 17.1 Å². The average molecular weight is 616 g/mol. The molecule has 1 heterocycles. The van der Waals surface area contributed by atoms with Crippen molar-refractivity contribution in [2.75, 3.05) is 0 Å².